The van der Waals surface area contributed by atoms with Gasteiger partial charge in [-0.2, -0.15) is 13.2 Å². The van der Waals surface area contributed by atoms with Gasteiger partial charge >= 0.3 is 6.18 Å². The van der Waals surface area contributed by atoms with Crippen molar-refractivity contribution in [1.29, 1.82) is 0 Å². The highest BCUT2D eigenvalue weighted by Gasteiger charge is 2.34. The molecule has 7 heteroatoms. The molecule has 0 atom stereocenters. The molecule has 0 aliphatic heterocycles. The predicted molar refractivity (Wildman–Crippen MR) is 76.0 cm³/mol. The number of anilines is 1. The Kier molecular flexibility index (Phi) is 4.63. The van der Waals surface area contributed by atoms with E-state index in [4.69, 9.17) is 0 Å². The Bertz CT molecular complexity index is 634. The van der Waals surface area contributed by atoms with E-state index in [9.17, 15) is 17.6 Å². The van der Waals surface area contributed by atoms with Crippen molar-refractivity contribution in [3.8, 4) is 11.3 Å². The molecule has 1 aromatic heterocycles. The smallest absolute Gasteiger partial charge is 0.341 e. The zero-order valence-corrected chi connectivity index (χ0v) is 12.2. The molecular formula is C15H15F4N3. The Labute approximate surface area is 125 Å². The van der Waals surface area contributed by atoms with Gasteiger partial charge in [0.1, 0.15) is 5.82 Å². The molecule has 0 N–H and O–H groups in total. The highest BCUT2D eigenvalue weighted by Crippen LogP contribution is 2.31. The normalized spacial score (nSPS) is 11.5. The van der Waals surface area contributed by atoms with Gasteiger partial charge in [-0.25, -0.2) is 14.4 Å². The molecule has 0 fully saturated rings. The van der Waals surface area contributed by atoms with Crippen LogP contribution < -0.4 is 4.90 Å². The van der Waals surface area contributed by atoms with E-state index < -0.39 is 17.7 Å². The van der Waals surface area contributed by atoms with Crippen LogP contribution in [0.15, 0.2) is 30.3 Å². The third-order valence-corrected chi connectivity index (χ3v) is 3.19. The second kappa shape index (κ2) is 6.29. The van der Waals surface area contributed by atoms with Gasteiger partial charge in [0.05, 0.1) is 5.69 Å². The number of halogens is 4. The number of hydrogen-bond acceptors (Lipinski definition) is 3. The summed E-state index contributed by atoms with van der Waals surface area (Å²) in [6, 6.07) is 6.03. The Morgan fingerprint density at radius 1 is 1.00 bits per heavy atom. The van der Waals surface area contributed by atoms with Gasteiger partial charge in [0.15, 0.2) is 5.69 Å². The van der Waals surface area contributed by atoms with Crippen molar-refractivity contribution in [1.82, 2.24) is 9.97 Å². The fraction of sp³-hybridized carbons (Fsp3) is 0.333. The molecule has 118 valence electrons. The number of alkyl halides is 3. The SMILES string of the molecule is CCN(CC)c1nc(-c2ccc(F)cc2)cc(C(F)(F)F)n1. The second-order valence-electron chi connectivity index (χ2n) is 4.62. The van der Waals surface area contributed by atoms with Crippen molar-refractivity contribution < 1.29 is 17.6 Å². The summed E-state index contributed by atoms with van der Waals surface area (Å²) in [5.74, 6) is -0.447. The predicted octanol–water partition coefficient (Wildman–Crippen LogP) is 4.15. The molecule has 0 radical (unpaired) electrons. The lowest BCUT2D eigenvalue weighted by Gasteiger charge is -2.20. The minimum absolute atomic E-state index is 0.0131. The molecule has 0 aliphatic carbocycles. The van der Waals surface area contributed by atoms with Crippen molar-refractivity contribution in [3.05, 3.63) is 41.8 Å². The summed E-state index contributed by atoms with van der Waals surface area (Å²) in [4.78, 5) is 9.41. The molecule has 1 heterocycles. The van der Waals surface area contributed by atoms with Crippen LogP contribution in [0.25, 0.3) is 11.3 Å². The second-order valence-corrected chi connectivity index (χ2v) is 4.62. The fourth-order valence-electron chi connectivity index (χ4n) is 2.00. The van der Waals surface area contributed by atoms with E-state index in [2.05, 4.69) is 9.97 Å². The first-order valence-electron chi connectivity index (χ1n) is 6.82. The molecule has 0 aliphatic rings. The van der Waals surface area contributed by atoms with Crippen LogP contribution in [-0.4, -0.2) is 23.1 Å². The van der Waals surface area contributed by atoms with Crippen molar-refractivity contribution in [2.75, 3.05) is 18.0 Å². The standard InChI is InChI=1S/C15H15F4N3/c1-3-22(4-2)14-20-12(9-13(21-14)15(17,18)19)10-5-7-11(16)8-6-10/h5-9H,3-4H2,1-2H3. The topological polar surface area (TPSA) is 29.0 Å². The summed E-state index contributed by atoms with van der Waals surface area (Å²) in [7, 11) is 0. The quantitative estimate of drug-likeness (QED) is 0.794. The van der Waals surface area contributed by atoms with Crippen molar-refractivity contribution in [3.63, 3.8) is 0 Å². The van der Waals surface area contributed by atoms with Gasteiger partial charge in [0.2, 0.25) is 5.95 Å². The number of benzene rings is 1. The van der Waals surface area contributed by atoms with Gasteiger partial charge in [-0.15, -0.1) is 0 Å². The minimum atomic E-state index is -4.57. The van der Waals surface area contributed by atoms with Crippen LogP contribution in [0, 0.1) is 5.82 Å². The summed E-state index contributed by atoms with van der Waals surface area (Å²) in [5, 5.41) is 0. The maximum absolute atomic E-state index is 13.0. The maximum atomic E-state index is 13.0. The summed E-state index contributed by atoms with van der Waals surface area (Å²) in [6.45, 7) is 4.59. The van der Waals surface area contributed by atoms with Gasteiger partial charge in [0, 0.05) is 18.7 Å². The zero-order chi connectivity index (χ0) is 16.3. The lowest BCUT2D eigenvalue weighted by molar-refractivity contribution is -0.141. The van der Waals surface area contributed by atoms with Gasteiger partial charge in [-0.3, -0.25) is 0 Å². The summed E-state index contributed by atoms with van der Waals surface area (Å²) in [5.41, 5.74) is -0.490. The van der Waals surface area contributed by atoms with Crippen molar-refractivity contribution in [2.24, 2.45) is 0 Å². The van der Waals surface area contributed by atoms with Gasteiger partial charge < -0.3 is 4.90 Å². The third-order valence-electron chi connectivity index (χ3n) is 3.19. The number of nitrogens with zero attached hydrogens (tertiary/aromatic N) is 3. The molecule has 0 saturated carbocycles. The number of rotatable bonds is 4. The Balaban J connectivity index is 2.57. The molecule has 22 heavy (non-hydrogen) atoms. The fourth-order valence-corrected chi connectivity index (χ4v) is 2.00. The van der Waals surface area contributed by atoms with E-state index in [-0.39, 0.29) is 11.6 Å². The Morgan fingerprint density at radius 3 is 2.09 bits per heavy atom. The zero-order valence-electron chi connectivity index (χ0n) is 12.2. The lowest BCUT2D eigenvalue weighted by Crippen LogP contribution is -2.25. The van der Waals surface area contributed by atoms with Gasteiger partial charge in [-0.05, 0) is 44.2 Å². The Hall–Kier alpha value is -2.18. The average Bonchev–Trinajstić information content (AvgIpc) is 2.48. The first-order chi connectivity index (χ1) is 10.3. The summed E-state index contributed by atoms with van der Waals surface area (Å²) < 4.78 is 52.1. The molecule has 1 aromatic carbocycles. The Morgan fingerprint density at radius 2 is 1.59 bits per heavy atom. The van der Waals surface area contributed by atoms with E-state index in [1.54, 1.807) is 4.90 Å². The van der Waals surface area contributed by atoms with E-state index in [1.165, 1.54) is 24.3 Å². The van der Waals surface area contributed by atoms with Crippen LogP contribution in [0.3, 0.4) is 0 Å². The summed E-state index contributed by atoms with van der Waals surface area (Å²) in [6.07, 6.45) is -4.57. The maximum Gasteiger partial charge on any atom is 0.433 e. The minimum Gasteiger partial charge on any atom is -0.341 e. The monoisotopic (exact) mass is 313 g/mol. The molecule has 0 unspecified atom stereocenters. The molecule has 2 aromatic rings. The summed E-state index contributed by atoms with van der Waals surface area (Å²) >= 11 is 0. The van der Waals surface area contributed by atoms with E-state index in [0.717, 1.165) is 6.07 Å². The van der Waals surface area contributed by atoms with Crippen LogP contribution in [0.1, 0.15) is 19.5 Å². The van der Waals surface area contributed by atoms with Crippen molar-refractivity contribution >= 4 is 5.95 Å². The molecule has 0 spiro atoms. The number of hydrogen-bond donors (Lipinski definition) is 0. The van der Waals surface area contributed by atoms with Crippen LogP contribution in [-0.2, 0) is 6.18 Å². The largest absolute Gasteiger partial charge is 0.433 e. The first kappa shape index (κ1) is 16.2. The molecule has 2 rings (SSSR count). The highest BCUT2D eigenvalue weighted by atomic mass is 19.4. The third kappa shape index (κ3) is 3.52. The van der Waals surface area contributed by atoms with E-state index in [1.807, 2.05) is 13.8 Å². The van der Waals surface area contributed by atoms with Crippen LogP contribution >= 0.6 is 0 Å². The van der Waals surface area contributed by atoms with Gasteiger partial charge in [0.25, 0.3) is 0 Å². The molecule has 0 amide bonds. The lowest BCUT2D eigenvalue weighted by atomic mass is 10.1. The molecular weight excluding hydrogens is 298 g/mol. The number of aromatic nitrogens is 2. The molecule has 0 bridgehead atoms. The van der Waals surface area contributed by atoms with E-state index >= 15 is 0 Å². The van der Waals surface area contributed by atoms with Crippen LogP contribution in [0.2, 0.25) is 0 Å². The highest BCUT2D eigenvalue weighted by molar-refractivity contribution is 5.61. The molecule has 0 saturated heterocycles. The molecule has 3 nitrogen and oxygen atoms in total. The van der Waals surface area contributed by atoms with E-state index in [0.29, 0.717) is 18.7 Å². The van der Waals surface area contributed by atoms with Crippen LogP contribution in [0.5, 0.6) is 0 Å². The van der Waals surface area contributed by atoms with Crippen LogP contribution in [0.4, 0.5) is 23.5 Å². The average molecular weight is 313 g/mol. The van der Waals surface area contributed by atoms with Gasteiger partial charge in [-0.1, -0.05) is 0 Å². The van der Waals surface area contributed by atoms with Crippen molar-refractivity contribution in [2.45, 2.75) is 20.0 Å². The first-order valence-corrected chi connectivity index (χ1v) is 6.82.